The first-order chi connectivity index (χ1) is 28.0. The second kappa shape index (κ2) is 14.4. The minimum Gasteiger partial charge on any atom is -0.497 e. The van der Waals surface area contributed by atoms with Gasteiger partial charge in [0.2, 0.25) is 5.91 Å². The van der Waals surface area contributed by atoms with Gasteiger partial charge >= 0.3 is 0 Å². The van der Waals surface area contributed by atoms with Crippen LogP contribution in [0.1, 0.15) is 47.7 Å². The van der Waals surface area contributed by atoms with Crippen LogP contribution in [0.5, 0.6) is 11.5 Å². The minimum atomic E-state index is -2.52. The standard InChI is InChI=1S/C47H49N3O7Si/c1-29-44(58(4,5)36-20-17-34(55-2)18-21-36)41(26-42(52)48-23-9-14-33(48)28-51)57-47(29)38-25-35(56-3)19-22-39(38)49(46(47)54)27-30-10-6-13-32(24-30)50-40-16-8-12-31-11-7-15-37(43(31)40)45(50)53/h6-8,10-13,15-22,24-25,29,33,41,44,51H,9,14,23,26-28H2,1-5H3/t29-,33+,41+,44-,47+/m1/s1. The molecule has 2 fully saturated rings. The van der Waals surface area contributed by atoms with Crippen LogP contribution < -0.4 is 24.5 Å². The Hall–Kier alpha value is -5.49. The van der Waals surface area contributed by atoms with Crippen molar-refractivity contribution in [3.8, 4) is 11.5 Å². The van der Waals surface area contributed by atoms with Gasteiger partial charge in [-0.25, -0.2) is 0 Å². The molecule has 1 N–H and O–H groups in total. The van der Waals surface area contributed by atoms with Crippen LogP contribution >= 0.6 is 0 Å². The fourth-order valence-electron chi connectivity index (χ4n) is 10.6. The van der Waals surface area contributed by atoms with Crippen molar-refractivity contribution in [1.29, 1.82) is 0 Å². The Balaban J connectivity index is 1.10. The number of carbonyl (C=O) groups excluding carboxylic acids is 3. The molecule has 9 rings (SSSR count). The van der Waals surface area contributed by atoms with Crippen LogP contribution in [0.25, 0.3) is 10.8 Å². The number of hydrogen-bond donors (Lipinski definition) is 1. The van der Waals surface area contributed by atoms with E-state index in [1.165, 1.54) is 5.19 Å². The molecule has 0 unspecified atom stereocenters. The van der Waals surface area contributed by atoms with Crippen LogP contribution in [0.15, 0.2) is 103 Å². The highest BCUT2D eigenvalue weighted by atomic mass is 28.3. The second-order valence-corrected chi connectivity index (χ2v) is 21.4. The zero-order valence-electron chi connectivity index (χ0n) is 33.6. The molecule has 0 aromatic heterocycles. The van der Waals surface area contributed by atoms with E-state index >= 15 is 4.79 Å². The van der Waals surface area contributed by atoms with Gasteiger partial charge < -0.3 is 29.1 Å². The van der Waals surface area contributed by atoms with Gasteiger partial charge in [0.1, 0.15) is 11.5 Å². The molecule has 298 valence electrons. The molecule has 5 aromatic rings. The lowest BCUT2D eigenvalue weighted by Gasteiger charge is -2.37. The van der Waals surface area contributed by atoms with Gasteiger partial charge in [0.25, 0.3) is 11.8 Å². The maximum absolute atomic E-state index is 15.5. The van der Waals surface area contributed by atoms with Gasteiger partial charge in [-0.1, -0.05) is 73.7 Å². The van der Waals surface area contributed by atoms with Crippen molar-refractivity contribution >= 4 is 58.8 Å². The fraction of sp³-hybridized carbons (Fsp3) is 0.340. The lowest BCUT2D eigenvalue weighted by atomic mass is 9.82. The summed E-state index contributed by atoms with van der Waals surface area (Å²) in [5.74, 6) is 0.723. The van der Waals surface area contributed by atoms with Crippen LogP contribution in [0.2, 0.25) is 18.6 Å². The third-order valence-corrected chi connectivity index (χ3v) is 17.8. The van der Waals surface area contributed by atoms with Gasteiger partial charge in [0.05, 0.1) is 70.9 Å². The summed E-state index contributed by atoms with van der Waals surface area (Å²) in [5.41, 5.74) is 3.01. The number of hydrogen-bond acceptors (Lipinski definition) is 7. The number of carbonyl (C=O) groups is 3. The maximum Gasteiger partial charge on any atom is 0.264 e. The third-order valence-electron chi connectivity index (χ3n) is 13.4. The highest BCUT2D eigenvalue weighted by Crippen LogP contribution is 2.60. The first-order valence-corrected chi connectivity index (χ1v) is 23.3. The number of benzene rings is 5. The third kappa shape index (κ3) is 5.77. The number of aliphatic hydroxyl groups excluding tert-OH is 1. The van der Waals surface area contributed by atoms with Crippen molar-refractivity contribution in [3.63, 3.8) is 0 Å². The summed E-state index contributed by atoms with van der Waals surface area (Å²) in [7, 11) is 0.748. The summed E-state index contributed by atoms with van der Waals surface area (Å²) in [6.07, 6.45) is 1.14. The van der Waals surface area contributed by atoms with E-state index in [1.807, 2.05) is 91.0 Å². The van der Waals surface area contributed by atoms with E-state index in [9.17, 15) is 14.7 Å². The molecule has 3 amide bonds. The van der Waals surface area contributed by atoms with Gasteiger partial charge in [-0.2, -0.15) is 0 Å². The predicted molar refractivity (Wildman–Crippen MR) is 227 cm³/mol. The normalized spacial score (nSPS) is 23.7. The molecule has 0 saturated carbocycles. The monoisotopic (exact) mass is 795 g/mol. The molecule has 0 bridgehead atoms. The fourth-order valence-corrected chi connectivity index (χ4v) is 14.6. The van der Waals surface area contributed by atoms with Gasteiger partial charge in [-0.15, -0.1) is 0 Å². The Bertz CT molecular complexity index is 2450. The van der Waals surface area contributed by atoms with Crippen molar-refractivity contribution < 1.29 is 33.7 Å². The summed E-state index contributed by atoms with van der Waals surface area (Å²) in [6, 6.07) is 33.3. The van der Waals surface area contributed by atoms with Gasteiger partial charge in [-0.05, 0) is 83.9 Å². The predicted octanol–water partition coefficient (Wildman–Crippen LogP) is 7.29. The highest BCUT2D eigenvalue weighted by Gasteiger charge is 2.66. The van der Waals surface area contributed by atoms with E-state index in [0.717, 1.165) is 57.6 Å². The molecule has 5 atom stereocenters. The van der Waals surface area contributed by atoms with E-state index in [1.54, 1.807) is 28.9 Å². The summed E-state index contributed by atoms with van der Waals surface area (Å²) in [4.78, 5) is 48.9. The summed E-state index contributed by atoms with van der Waals surface area (Å²) < 4.78 is 18.5. The molecule has 5 aromatic carbocycles. The average molecular weight is 796 g/mol. The van der Waals surface area contributed by atoms with Crippen molar-refractivity contribution in [2.75, 3.05) is 37.2 Å². The summed E-state index contributed by atoms with van der Waals surface area (Å²) in [5, 5.41) is 13.3. The molecule has 0 radical (unpaired) electrons. The Morgan fingerprint density at radius 3 is 2.36 bits per heavy atom. The van der Waals surface area contributed by atoms with Crippen LogP contribution in [0.4, 0.5) is 17.1 Å². The van der Waals surface area contributed by atoms with Gasteiger partial charge in [0, 0.05) is 29.1 Å². The van der Waals surface area contributed by atoms with Crippen LogP contribution in [-0.4, -0.2) is 75.3 Å². The molecule has 0 aliphatic carbocycles. The highest BCUT2D eigenvalue weighted by molar-refractivity contribution is 6.91. The van der Waals surface area contributed by atoms with Crippen molar-refractivity contribution in [3.05, 3.63) is 120 Å². The molecule has 58 heavy (non-hydrogen) atoms. The van der Waals surface area contributed by atoms with E-state index in [-0.39, 0.29) is 54.8 Å². The van der Waals surface area contributed by atoms with Crippen LogP contribution in [-0.2, 0) is 26.5 Å². The number of anilines is 3. The number of ether oxygens (including phenoxy) is 3. The first-order valence-electron chi connectivity index (χ1n) is 20.2. The molecule has 10 nitrogen and oxygen atoms in total. The minimum absolute atomic E-state index is 0.0605. The van der Waals surface area contributed by atoms with E-state index in [0.29, 0.717) is 17.9 Å². The van der Waals surface area contributed by atoms with Crippen molar-refractivity contribution in [2.45, 2.75) is 69.1 Å². The molecule has 4 aliphatic rings. The van der Waals surface area contributed by atoms with E-state index < -0.39 is 19.8 Å². The molecular formula is C47H49N3O7Si. The largest absolute Gasteiger partial charge is 0.497 e. The maximum atomic E-state index is 15.5. The van der Waals surface area contributed by atoms with Gasteiger partial charge in [0.15, 0.2) is 5.60 Å². The van der Waals surface area contributed by atoms with Gasteiger partial charge in [-0.3, -0.25) is 19.3 Å². The molecular weight excluding hydrogens is 747 g/mol. The topological polar surface area (TPSA) is 109 Å². The van der Waals surface area contributed by atoms with Crippen LogP contribution in [0.3, 0.4) is 0 Å². The molecule has 4 heterocycles. The summed E-state index contributed by atoms with van der Waals surface area (Å²) >= 11 is 0. The van der Waals surface area contributed by atoms with Crippen LogP contribution in [0, 0.1) is 5.92 Å². The zero-order valence-corrected chi connectivity index (χ0v) is 34.6. The van der Waals surface area contributed by atoms with E-state index in [2.05, 4.69) is 32.2 Å². The quantitative estimate of drug-likeness (QED) is 0.148. The van der Waals surface area contributed by atoms with Crippen molar-refractivity contribution in [2.24, 2.45) is 5.92 Å². The number of methoxy groups -OCH3 is 2. The second-order valence-electron chi connectivity index (χ2n) is 16.7. The lowest BCUT2D eigenvalue weighted by molar-refractivity contribution is -0.150. The summed E-state index contributed by atoms with van der Waals surface area (Å²) in [6.45, 7) is 7.47. The number of rotatable bonds is 10. The molecule has 11 heteroatoms. The number of amides is 3. The Morgan fingerprint density at radius 1 is 0.897 bits per heavy atom. The molecule has 4 aliphatic heterocycles. The number of aliphatic hydroxyl groups is 1. The Labute approximate surface area is 339 Å². The average Bonchev–Trinajstić information content (AvgIpc) is 3.97. The zero-order chi connectivity index (χ0) is 40.5. The molecule has 2 saturated heterocycles. The Morgan fingerprint density at radius 2 is 1.62 bits per heavy atom. The lowest BCUT2D eigenvalue weighted by Crippen LogP contribution is -2.52. The SMILES string of the molecule is COc1ccc([Si](C)(C)[C@H]2[C@H](CC(=O)N3CCC[C@H]3CO)O[C@@]3(C(=O)N(Cc4cccc(N5C(=O)c6cccc7cccc5c67)c4)c4ccc(OC)cc43)[C@@H]2C)cc1. The number of nitrogens with zero attached hydrogens (tertiary/aromatic N) is 3. The smallest absolute Gasteiger partial charge is 0.264 e. The first kappa shape index (κ1) is 38.0. The Kier molecular flexibility index (Phi) is 9.45. The van der Waals surface area contributed by atoms with Crippen molar-refractivity contribution in [1.82, 2.24) is 4.90 Å². The van der Waals surface area contributed by atoms with E-state index in [4.69, 9.17) is 14.2 Å². The number of likely N-dealkylation sites (tertiary alicyclic amines) is 1. The molecule has 1 spiro atoms. The number of fused-ring (bicyclic) bond motifs is 2.